The van der Waals surface area contributed by atoms with Crippen molar-refractivity contribution in [2.45, 2.75) is 33.2 Å². The van der Waals surface area contributed by atoms with E-state index in [-0.39, 0.29) is 0 Å². The van der Waals surface area contributed by atoms with Gasteiger partial charge in [-0.1, -0.05) is 23.8 Å². The molecule has 1 aromatic heterocycles. The molecular formula is C17H18N2. The van der Waals surface area contributed by atoms with E-state index in [2.05, 4.69) is 47.7 Å². The first-order valence-electron chi connectivity index (χ1n) is 7.08. The number of nitrogens with zero attached hydrogens (tertiary/aromatic N) is 2. The van der Waals surface area contributed by atoms with Crippen molar-refractivity contribution >= 4 is 5.71 Å². The standard InChI is InChI=1S/C17H18N2/c1-11-3-6-15-13(9-11)4-5-14-10-16-12(2)18-7-8-19(16)17(14)15/h3,6,9-10H,4-5,7-8H2,1-2H3. The maximum atomic E-state index is 4.58. The van der Waals surface area contributed by atoms with Crippen molar-refractivity contribution in [3.05, 3.63) is 46.6 Å². The number of hydrogen-bond acceptors (Lipinski definition) is 1. The van der Waals surface area contributed by atoms with E-state index in [1.807, 2.05) is 0 Å². The van der Waals surface area contributed by atoms with Gasteiger partial charge in [0.2, 0.25) is 0 Å². The third-order valence-electron chi connectivity index (χ3n) is 4.40. The van der Waals surface area contributed by atoms with Crippen LogP contribution in [0.4, 0.5) is 0 Å². The SMILES string of the molecule is CC1=NCCn2c1cc1c2-c2ccc(C)cc2CC1. The van der Waals surface area contributed by atoms with Crippen molar-refractivity contribution in [3.63, 3.8) is 0 Å². The molecule has 0 radical (unpaired) electrons. The average Bonchev–Trinajstić information content (AvgIpc) is 2.79. The molecule has 0 amide bonds. The van der Waals surface area contributed by atoms with Gasteiger partial charge in [-0.25, -0.2) is 0 Å². The molecule has 0 spiro atoms. The summed E-state index contributed by atoms with van der Waals surface area (Å²) in [5.41, 5.74) is 9.78. The molecule has 0 saturated heterocycles. The van der Waals surface area contributed by atoms with Gasteiger partial charge in [-0.3, -0.25) is 4.99 Å². The van der Waals surface area contributed by atoms with E-state index in [0.29, 0.717) is 0 Å². The van der Waals surface area contributed by atoms with Crippen LogP contribution < -0.4 is 0 Å². The molecule has 2 aromatic rings. The normalized spacial score (nSPS) is 16.4. The highest BCUT2D eigenvalue weighted by atomic mass is 15.1. The molecule has 2 heteroatoms. The van der Waals surface area contributed by atoms with Gasteiger partial charge in [0.25, 0.3) is 0 Å². The summed E-state index contributed by atoms with van der Waals surface area (Å²) in [6.07, 6.45) is 2.34. The lowest BCUT2D eigenvalue weighted by Crippen LogP contribution is -2.17. The summed E-state index contributed by atoms with van der Waals surface area (Å²) in [6, 6.07) is 9.24. The van der Waals surface area contributed by atoms with Gasteiger partial charge in [-0.2, -0.15) is 0 Å². The highest BCUT2D eigenvalue weighted by molar-refractivity contribution is 5.99. The quantitative estimate of drug-likeness (QED) is 0.682. The predicted octanol–water partition coefficient (Wildman–Crippen LogP) is 3.38. The molecule has 0 N–H and O–H groups in total. The maximum Gasteiger partial charge on any atom is 0.0626 e. The van der Waals surface area contributed by atoms with Gasteiger partial charge in [0.15, 0.2) is 0 Å². The van der Waals surface area contributed by atoms with Crippen LogP contribution in [-0.4, -0.2) is 16.8 Å². The van der Waals surface area contributed by atoms with E-state index >= 15 is 0 Å². The largest absolute Gasteiger partial charge is 0.337 e. The van der Waals surface area contributed by atoms with E-state index in [9.17, 15) is 0 Å². The van der Waals surface area contributed by atoms with Crippen molar-refractivity contribution in [2.24, 2.45) is 4.99 Å². The second-order valence-electron chi connectivity index (χ2n) is 5.68. The summed E-state index contributed by atoms with van der Waals surface area (Å²) in [7, 11) is 0. The fraction of sp³-hybridized carbons (Fsp3) is 0.353. The number of fused-ring (bicyclic) bond motifs is 5. The Hall–Kier alpha value is -1.83. The maximum absolute atomic E-state index is 4.58. The zero-order chi connectivity index (χ0) is 13.0. The summed E-state index contributed by atoms with van der Waals surface area (Å²) >= 11 is 0. The molecule has 0 bridgehead atoms. The van der Waals surface area contributed by atoms with E-state index in [0.717, 1.165) is 13.1 Å². The fourth-order valence-corrected chi connectivity index (χ4v) is 3.47. The second-order valence-corrected chi connectivity index (χ2v) is 5.68. The van der Waals surface area contributed by atoms with E-state index in [1.54, 1.807) is 0 Å². The van der Waals surface area contributed by atoms with Gasteiger partial charge in [0.1, 0.15) is 0 Å². The molecule has 2 nitrogen and oxygen atoms in total. The Kier molecular flexibility index (Phi) is 2.22. The molecule has 2 aliphatic rings. The van der Waals surface area contributed by atoms with E-state index in [4.69, 9.17) is 0 Å². The summed E-state index contributed by atoms with van der Waals surface area (Å²) in [6.45, 7) is 6.25. The minimum atomic E-state index is 0.918. The fourth-order valence-electron chi connectivity index (χ4n) is 3.47. The van der Waals surface area contributed by atoms with Crippen molar-refractivity contribution in [2.75, 3.05) is 6.54 Å². The number of hydrogen-bond donors (Lipinski definition) is 0. The third kappa shape index (κ3) is 1.52. The van der Waals surface area contributed by atoms with Crippen LogP contribution in [0.5, 0.6) is 0 Å². The van der Waals surface area contributed by atoms with Crippen molar-refractivity contribution in [3.8, 4) is 11.3 Å². The van der Waals surface area contributed by atoms with Crippen LogP contribution in [0.25, 0.3) is 11.3 Å². The number of aromatic nitrogens is 1. The van der Waals surface area contributed by atoms with Gasteiger partial charge < -0.3 is 4.57 Å². The van der Waals surface area contributed by atoms with Gasteiger partial charge in [0.05, 0.1) is 23.6 Å². The highest BCUT2D eigenvalue weighted by Crippen LogP contribution is 2.37. The molecule has 0 atom stereocenters. The van der Waals surface area contributed by atoms with Crippen LogP contribution in [0, 0.1) is 6.92 Å². The molecule has 2 heterocycles. The van der Waals surface area contributed by atoms with Crippen LogP contribution in [0.1, 0.15) is 29.3 Å². The van der Waals surface area contributed by atoms with Crippen LogP contribution in [0.2, 0.25) is 0 Å². The molecule has 0 unspecified atom stereocenters. The molecule has 1 aliphatic heterocycles. The molecule has 19 heavy (non-hydrogen) atoms. The van der Waals surface area contributed by atoms with Crippen LogP contribution in [0.15, 0.2) is 29.3 Å². The Labute approximate surface area is 113 Å². The van der Waals surface area contributed by atoms with Crippen molar-refractivity contribution in [1.82, 2.24) is 4.57 Å². The van der Waals surface area contributed by atoms with Crippen LogP contribution in [-0.2, 0) is 19.4 Å². The Morgan fingerprint density at radius 3 is 2.79 bits per heavy atom. The van der Waals surface area contributed by atoms with E-state index < -0.39 is 0 Å². The highest BCUT2D eigenvalue weighted by Gasteiger charge is 2.24. The lowest BCUT2D eigenvalue weighted by Gasteiger charge is -2.22. The van der Waals surface area contributed by atoms with E-state index in [1.165, 1.54) is 52.2 Å². The minimum Gasteiger partial charge on any atom is -0.337 e. The van der Waals surface area contributed by atoms with Crippen molar-refractivity contribution in [1.29, 1.82) is 0 Å². The monoisotopic (exact) mass is 250 g/mol. The lowest BCUT2D eigenvalue weighted by molar-refractivity contribution is 0.691. The lowest BCUT2D eigenvalue weighted by atomic mass is 9.89. The number of rotatable bonds is 0. The number of aliphatic imine (C=N–C) groups is 1. The average molecular weight is 250 g/mol. The summed E-state index contributed by atoms with van der Waals surface area (Å²) in [5, 5.41) is 0. The Balaban J connectivity index is 1.99. The van der Waals surface area contributed by atoms with Crippen LogP contribution in [0.3, 0.4) is 0 Å². The predicted molar refractivity (Wildman–Crippen MR) is 79.1 cm³/mol. The summed E-state index contributed by atoms with van der Waals surface area (Å²) in [4.78, 5) is 4.58. The molecule has 1 aliphatic carbocycles. The zero-order valence-electron chi connectivity index (χ0n) is 11.5. The second kappa shape index (κ2) is 3.83. The first-order chi connectivity index (χ1) is 9.24. The zero-order valence-corrected chi connectivity index (χ0v) is 11.5. The van der Waals surface area contributed by atoms with Crippen LogP contribution >= 0.6 is 0 Å². The third-order valence-corrected chi connectivity index (χ3v) is 4.40. The van der Waals surface area contributed by atoms with Crippen molar-refractivity contribution < 1.29 is 0 Å². The molecule has 4 rings (SSSR count). The van der Waals surface area contributed by atoms with Gasteiger partial charge >= 0.3 is 0 Å². The smallest absolute Gasteiger partial charge is 0.0626 e. The minimum absolute atomic E-state index is 0.918. The number of aryl methyl sites for hydroxylation is 3. The topological polar surface area (TPSA) is 17.3 Å². The molecular weight excluding hydrogens is 232 g/mol. The van der Waals surface area contributed by atoms with Gasteiger partial charge in [-0.15, -0.1) is 0 Å². The summed E-state index contributed by atoms with van der Waals surface area (Å²) < 4.78 is 2.48. The first-order valence-corrected chi connectivity index (χ1v) is 7.08. The summed E-state index contributed by atoms with van der Waals surface area (Å²) in [5.74, 6) is 0. The molecule has 1 aromatic carbocycles. The molecule has 0 fully saturated rings. The first kappa shape index (κ1) is 11.0. The Morgan fingerprint density at radius 1 is 1.05 bits per heavy atom. The molecule has 0 saturated carbocycles. The Bertz CT molecular complexity index is 704. The molecule has 96 valence electrons. The van der Waals surface area contributed by atoms with Gasteiger partial charge in [-0.05, 0) is 43.9 Å². The Morgan fingerprint density at radius 2 is 1.89 bits per heavy atom. The number of benzene rings is 1. The van der Waals surface area contributed by atoms with Gasteiger partial charge in [0, 0.05) is 12.1 Å².